The van der Waals surface area contributed by atoms with Crippen LogP contribution in [0.2, 0.25) is 0 Å². The topological polar surface area (TPSA) is 66.4 Å². The lowest BCUT2D eigenvalue weighted by molar-refractivity contribution is -0.120. The maximum absolute atomic E-state index is 11.8. The number of amides is 1. The van der Waals surface area contributed by atoms with Crippen molar-refractivity contribution < 1.29 is 14.7 Å². The maximum Gasteiger partial charge on any atom is 0.335 e. The van der Waals surface area contributed by atoms with Crippen molar-refractivity contribution in [3.05, 3.63) is 71.3 Å². The van der Waals surface area contributed by atoms with Crippen LogP contribution in [0.5, 0.6) is 0 Å². The Labute approximate surface area is 117 Å². The monoisotopic (exact) mass is 269 g/mol. The number of carboxylic acids is 1. The van der Waals surface area contributed by atoms with E-state index >= 15 is 0 Å². The minimum Gasteiger partial charge on any atom is -0.478 e. The minimum absolute atomic E-state index is 0.0862. The summed E-state index contributed by atoms with van der Waals surface area (Å²) in [5.74, 6) is -1.06. The molecule has 0 aliphatic rings. The summed E-state index contributed by atoms with van der Waals surface area (Å²) in [6.07, 6.45) is 0.319. The van der Waals surface area contributed by atoms with Gasteiger partial charge in [0.1, 0.15) is 0 Å². The molecule has 0 unspecified atom stereocenters. The zero-order valence-corrected chi connectivity index (χ0v) is 10.9. The van der Waals surface area contributed by atoms with Gasteiger partial charge in [0.25, 0.3) is 0 Å². The van der Waals surface area contributed by atoms with Crippen molar-refractivity contribution in [2.45, 2.75) is 13.0 Å². The largest absolute Gasteiger partial charge is 0.478 e. The Kier molecular flexibility index (Phi) is 4.50. The number of aromatic carboxylic acids is 1. The third kappa shape index (κ3) is 3.95. The van der Waals surface area contributed by atoms with Crippen LogP contribution >= 0.6 is 0 Å². The first-order valence-electron chi connectivity index (χ1n) is 6.28. The molecule has 0 aromatic heterocycles. The summed E-state index contributed by atoms with van der Waals surface area (Å²) < 4.78 is 0. The van der Waals surface area contributed by atoms with Gasteiger partial charge in [0.2, 0.25) is 5.91 Å². The van der Waals surface area contributed by atoms with E-state index in [2.05, 4.69) is 5.32 Å². The Bertz CT molecular complexity index is 608. The first-order chi connectivity index (χ1) is 9.65. The second-order valence-electron chi connectivity index (χ2n) is 4.44. The van der Waals surface area contributed by atoms with Crippen molar-refractivity contribution in [1.82, 2.24) is 5.32 Å². The number of rotatable bonds is 5. The van der Waals surface area contributed by atoms with E-state index in [-0.39, 0.29) is 11.5 Å². The molecule has 0 saturated heterocycles. The molecule has 0 fully saturated rings. The Morgan fingerprint density at radius 2 is 1.65 bits per heavy atom. The second-order valence-corrected chi connectivity index (χ2v) is 4.44. The zero-order valence-electron chi connectivity index (χ0n) is 10.9. The Morgan fingerprint density at radius 1 is 0.950 bits per heavy atom. The smallest absolute Gasteiger partial charge is 0.335 e. The molecule has 0 saturated carbocycles. The molecule has 4 heteroatoms. The predicted molar refractivity (Wildman–Crippen MR) is 75.4 cm³/mol. The van der Waals surface area contributed by atoms with Crippen LogP contribution < -0.4 is 5.32 Å². The van der Waals surface area contributed by atoms with Gasteiger partial charge >= 0.3 is 5.97 Å². The fourth-order valence-corrected chi connectivity index (χ4v) is 1.86. The summed E-state index contributed by atoms with van der Waals surface area (Å²) in [4.78, 5) is 22.6. The lowest BCUT2D eigenvalue weighted by atomic mass is 10.1. The molecule has 1 amide bonds. The van der Waals surface area contributed by atoms with Gasteiger partial charge in [0.05, 0.1) is 12.0 Å². The maximum atomic E-state index is 11.8. The fraction of sp³-hybridized carbons (Fsp3) is 0.125. The normalized spacial score (nSPS) is 10.0. The number of carboxylic acid groups (broad SMARTS) is 1. The first-order valence-corrected chi connectivity index (χ1v) is 6.28. The molecule has 0 bridgehead atoms. The summed E-state index contributed by atoms with van der Waals surface area (Å²) in [5, 5.41) is 11.7. The lowest BCUT2D eigenvalue weighted by Gasteiger charge is -2.06. The molecule has 0 radical (unpaired) electrons. The van der Waals surface area contributed by atoms with Gasteiger partial charge in [0, 0.05) is 6.54 Å². The van der Waals surface area contributed by atoms with Crippen LogP contribution in [0, 0.1) is 0 Å². The number of nitrogens with one attached hydrogen (secondary N) is 1. The molecule has 0 atom stereocenters. The zero-order chi connectivity index (χ0) is 14.4. The molecule has 0 aliphatic carbocycles. The minimum atomic E-state index is -0.970. The highest BCUT2D eigenvalue weighted by Gasteiger charge is 2.05. The highest BCUT2D eigenvalue weighted by Crippen LogP contribution is 2.05. The van der Waals surface area contributed by atoms with Crippen LogP contribution in [-0.4, -0.2) is 17.0 Å². The van der Waals surface area contributed by atoms with Gasteiger partial charge in [0.15, 0.2) is 0 Å². The highest BCUT2D eigenvalue weighted by atomic mass is 16.4. The third-order valence-electron chi connectivity index (χ3n) is 2.87. The second kappa shape index (κ2) is 6.52. The van der Waals surface area contributed by atoms with Gasteiger partial charge in [-0.3, -0.25) is 4.79 Å². The molecule has 4 nitrogen and oxygen atoms in total. The molecule has 0 spiro atoms. The van der Waals surface area contributed by atoms with E-state index in [1.165, 1.54) is 6.07 Å². The van der Waals surface area contributed by atoms with Crippen molar-refractivity contribution in [1.29, 1.82) is 0 Å². The van der Waals surface area contributed by atoms with Crippen LogP contribution in [0.1, 0.15) is 21.5 Å². The molecule has 2 N–H and O–H groups in total. The lowest BCUT2D eigenvalue weighted by Crippen LogP contribution is -2.24. The number of carbonyl (C=O) groups is 2. The average molecular weight is 269 g/mol. The predicted octanol–water partition coefficient (Wildman–Crippen LogP) is 2.24. The van der Waals surface area contributed by atoms with Gasteiger partial charge in [-0.05, 0) is 23.3 Å². The van der Waals surface area contributed by atoms with Crippen molar-refractivity contribution in [3.63, 3.8) is 0 Å². The SMILES string of the molecule is O=C(Cc1ccccc1)NCc1cccc(C(=O)O)c1. The summed E-state index contributed by atoms with van der Waals surface area (Å²) in [6, 6.07) is 16.0. The number of carbonyl (C=O) groups excluding carboxylic acids is 1. The Hall–Kier alpha value is -2.62. The molecule has 0 aliphatic heterocycles. The van der Waals surface area contributed by atoms with Crippen molar-refractivity contribution in [2.75, 3.05) is 0 Å². The van der Waals surface area contributed by atoms with Gasteiger partial charge in [-0.2, -0.15) is 0 Å². The summed E-state index contributed by atoms with van der Waals surface area (Å²) >= 11 is 0. The van der Waals surface area contributed by atoms with Gasteiger partial charge in [-0.15, -0.1) is 0 Å². The van der Waals surface area contributed by atoms with E-state index in [4.69, 9.17) is 5.11 Å². The summed E-state index contributed by atoms with van der Waals surface area (Å²) in [6.45, 7) is 0.326. The average Bonchev–Trinajstić information content (AvgIpc) is 2.46. The van der Waals surface area contributed by atoms with Crippen LogP contribution in [0.4, 0.5) is 0 Å². The van der Waals surface area contributed by atoms with E-state index in [0.29, 0.717) is 13.0 Å². The summed E-state index contributed by atoms with van der Waals surface area (Å²) in [5.41, 5.74) is 1.94. The molecule has 2 aromatic rings. The molecule has 20 heavy (non-hydrogen) atoms. The number of benzene rings is 2. The van der Waals surface area contributed by atoms with Crippen LogP contribution in [0.25, 0.3) is 0 Å². The van der Waals surface area contributed by atoms with Crippen LogP contribution in [0.15, 0.2) is 54.6 Å². The highest BCUT2D eigenvalue weighted by molar-refractivity contribution is 5.87. The van der Waals surface area contributed by atoms with Gasteiger partial charge in [-0.1, -0.05) is 42.5 Å². The van der Waals surface area contributed by atoms with E-state index in [0.717, 1.165) is 11.1 Å². The number of hydrogen-bond acceptors (Lipinski definition) is 2. The molecular formula is C16H15NO3. The van der Waals surface area contributed by atoms with Crippen molar-refractivity contribution >= 4 is 11.9 Å². The standard InChI is InChI=1S/C16H15NO3/c18-15(10-12-5-2-1-3-6-12)17-11-13-7-4-8-14(9-13)16(19)20/h1-9H,10-11H2,(H,17,18)(H,19,20). The van der Waals surface area contributed by atoms with Crippen LogP contribution in [-0.2, 0) is 17.8 Å². The van der Waals surface area contributed by atoms with E-state index in [1.807, 2.05) is 30.3 Å². The summed E-state index contributed by atoms with van der Waals surface area (Å²) in [7, 11) is 0. The molecule has 2 aromatic carbocycles. The Balaban J connectivity index is 1.90. The fourth-order valence-electron chi connectivity index (χ4n) is 1.86. The van der Waals surface area contributed by atoms with E-state index < -0.39 is 5.97 Å². The molecule has 2 rings (SSSR count). The van der Waals surface area contributed by atoms with Gasteiger partial charge in [-0.25, -0.2) is 4.79 Å². The quantitative estimate of drug-likeness (QED) is 0.874. The molecular weight excluding hydrogens is 254 g/mol. The van der Waals surface area contributed by atoms with Crippen molar-refractivity contribution in [3.8, 4) is 0 Å². The van der Waals surface area contributed by atoms with Gasteiger partial charge < -0.3 is 10.4 Å². The molecule has 102 valence electrons. The van der Waals surface area contributed by atoms with Crippen molar-refractivity contribution in [2.24, 2.45) is 0 Å². The van der Waals surface area contributed by atoms with E-state index in [9.17, 15) is 9.59 Å². The first kappa shape index (κ1) is 13.8. The van der Waals surface area contributed by atoms with E-state index in [1.54, 1.807) is 18.2 Å². The molecule has 0 heterocycles. The Morgan fingerprint density at radius 3 is 2.35 bits per heavy atom. The third-order valence-corrected chi connectivity index (χ3v) is 2.87. The van der Waals surface area contributed by atoms with Crippen LogP contribution in [0.3, 0.4) is 0 Å². The number of hydrogen-bond donors (Lipinski definition) is 2.